The second-order valence-corrected chi connectivity index (χ2v) is 5.09. The van der Waals surface area contributed by atoms with Crippen molar-refractivity contribution in [1.82, 2.24) is 4.98 Å². The van der Waals surface area contributed by atoms with Crippen molar-refractivity contribution in [3.63, 3.8) is 0 Å². The summed E-state index contributed by atoms with van der Waals surface area (Å²) in [4.78, 5) is 4.32. The minimum atomic E-state index is 0.290. The molecule has 1 aliphatic rings. The largest absolute Gasteiger partial charge is 0.454 e. The molecule has 0 radical (unpaired) electrons. The number of benzene rings is 1. The lowest BCUT2D eigenvalue weighted by Gasteiger charge is -2.10. The van der Waals surface area contributed by atoms with Crippen LogP contribution in [0.5, 0.6) is 11.5 Å². The highest BCUT2D eigenvalue weighted by atomic mass is 79.9. The van der Waals surface area contributed by atoms with Crippen LogP contribution in [0.3, 0.4) is 0 Å². The Hall–Kier alpha value is -1.75. The zero-order valence-electron chi connectivity index (χ0n) is 10.4. The molecule has 1 N–H and O–H groups in total. The third-order valence-electron chi connectivity index (χ3n) is 3.01. The zero-order chi connectivity index (χ0) is 13.2. The van der Waals surface area contributed by atoms with Crippen molar-refractivity contribution in [2.45, 2.75) is 13.5 Å². The van der Waals surface area contributed by atoms with E-state index in [0.29, 0.717) is 13.3 Å². The van der Waals surface area contributed by atoms with Crippen molar-refractivity contribution in [2.75, 3.05) is 12.1 Å². The van der Waals surface area contributed by atoms with E-state index in [9.17, 15) is 0 Å². The van der Waals surface area contributed by atoms with Crippen LogP contribution in [0.15, 0.2) is 34.9 Å². The first-order valence-corrected chi connectivity index (χ1v) is 6.77. The summed E-state index contributed by atoms with van der Waals surface area (Å²) in [6.45, 7) is 2.97. The summed E-state index contributed by atoms with van der Waals surface area (Å²) in [6.07, 6.45) is 1.79. The molecule has 19 heavy (non-hydrogen) atoms. The van der Waals surface area contributed by atoms with E-state index < -0.39 is 0 Å². The monoisotopic (exact) mass is 320 g/mol. The third-order valence-corrected chi connectivity index (χ3v) is 4.01. The maximum Gasteiger partial charge on any atom is 0.231 e. The zero-order valence-corrected chi connectivity index (χ0v) is 12.0. The van der Waals surface area contributed by atoms with Crippen molar-refractivity contribution in [2.24, 2.45) is 0 Å². The van der Waals surface area contributed by atoms with E-state index in [1.54, 1.807) is 6.20 Å². The predicted octanol–water partition coefficient (Wildman–Crippen LogP) is 3.49. The summed E-state index contributed by atoms with van der Waals surface area (Å²) in [6, 6.07) is 7.85. The van der Waals surface area contributed by atoms with Crippen LogP contribution in [0.2, 0.25) is 0 Å². The van der Waals surface area contributed by atoms with Gasteiger partial charge >= 0.3 is 0 Å². The first-order valence-electron chi connectivity index (χ1n) is 5.98. The SMILES string of the molecule is Cc1ccnc(NCc2cccc3c2OCO3)c1Br. The van der Waals surface area contributed by atoms with Crippen molar-refractivity contribution in [3.8, 4) is 11.5 Å². The van der Waals surface area contributed by atoms with Crippen LogP contribution < -0.4 is 14.8 Å². The van der Waals surface area contributed by atoms with Crippen molar-refractivity contribution >= 4 is 21.7 Å². The Morgan fingerprint density at radius 3 is 3.11 bits per heavy atom. The van der Waals surface area contributed by atoms with Gasteiger partial charge in [-0.05, 0) is 40.5 Å². The third kappa shape index (κ3) is 2.38. The first kappa shape index (κ1) is 12.3. The molecule has 0 atom stereocenters. The van der Waals surface area contributed by atoms with Gasteiger partial charge in [0.2, 0.25) is 6.79 Å². The molecule has 98 valence electrons. The summed E-state index contributed by atoms with van der Waals surface area (Å²) in [5.41, 5.74) is 2.21. The molecule has 2 aromatic rings. The van der Waals surface area contributed by atoms with Crippen molar-refractivity contribution in [3.05, 3.63) is 46.1 Å². The van der Waals surface area contributed by atoms with E-state index in [1.807, 2.05) is 31.2 Å². The fraction of sp³-hybridized carbons (Fsp3) is 0.214. The van der Waals surface area contributed by atoms with Crippen LogP contribution in [0, 0.1) is 6.92 Å². The highest BCUT2D eigenvalue weighted by molar-refractivity contribution is 9.10. The van der Waals surface area contributed by atoms with Gasteiger partial charge in [0.25, 0.3) is 0 Å². The second-order valence-electron chi connectivity index (χ2n) is 4.29. The highest BCUT2D eigenvalue weighted by Gasteiger charge is 2.17. The van der Waals surface area contributed by atoms with Crippen LogP contribution in [0.25, 0.3) is 0 Å². The summed E-state index contributed by atoms with van der Waals surface area (Å²) in [7, 11) is 0. The minimum Gasteiger partial charge on any atom is -0.454 e. The van der Waals surface area contributed by atoms with E-state index in [-0.39, 0.29) is 0 Å². The number of rotatable bonds is 3. The number of halogens is 1. The molecule has 0 amide bonds. The molecular weight excluding hydrogens is 308 g/mol. The number of nitrogens with zero attached hydrogens (tertiary/aromatic N) is 1. The van der Waals surface area contributed by atoms with Gasteiger partial charge in [-0.25, -0.2) is 4.98 Å². The summed E-state index contributed by atoms with van der Waals surface area (Å²) in [5, 5.41) is 3.31. The average molecular weight is 321 g/mol. The van der Waals surface area contributed by atoms with Crippen LogP contribution in [0.1, 0.15) is 11.1 Å². The molecule has 0 bridgehead atoms. The van der Waals surface area contributed by atoms with Gasteiger partial charge < -0.3 is 14.8 Å². The van der Waals surface area contributed by atoms with Crippen LogP contribution >= 0.6 is 15.9 Å². The predicted molar refractivity (Wildman–Crippen MR) is 76.6 cm³/mol. The number of para-hydroxylation sites is 1. The summed E-state index contributed by atoms with van der Waals surface area (Å²) < 4.78 is 11.8. The molecule has 0 unspecified atom stereocenters. The Balaban J connectivity index is 1.80. The number of hydrogen-bond acceptors (Lipinski definition) is 4. The fourth-order valence-corrected chi connectivity index (χ4v) is 2.35. The number of fused-ring (bicyclic) bond motifs is 1. The molecule has 0 spiro atoms. The molecule has 0 aliphatic carbocycles. The van der Waals surface area contributed by atoms with Gasteiger partial charge in [0, 0.05) is 18.3 Å². The summed E-state index contributed by atoms with van der Waals surface area (Å²) in [5.74, 6) is 2.45. The number of aryl methyl sites for hydroxylation is 1. The van der Waals surface area contributed by atoms with Crippen LogP contribution in [-0.2, 0) is 6.54 Å². The number of pyridine rings is 1. The molecule has 4 nitrogen and oxygen atoms in total. The molecule has 5 heteroatoms. The molecule has 0 fully saturated rings. The van der Waals surface area contributed by atoms with Crippen LogP contribution in [0.4, 0.5) is 5.82 Å². The number of aromatic nitrogens is 1. The fourth-order valence-electron chi connectivity index (χ4n) is 1.97. The molecule has 0 saturated heterocycles. The number of hydrogen-bond donors (Lipinski definition) is 1. The first-order chi connectivity index (χ1) is 9.25. The van der Waals surface area contributed by atoms with E-state index in [1.165, 1.54) is 0 Å². The lowest BCUT2D eigenvalue weighted by molar-refractivity contribution is 0.173. The molecule has 0 saturated carbocycles. The van der Waals surface area contributed by atoms with E-state index >= 15 is 0 Å². The maximum absolute atomic E-state index is 5.48. The van der Waals surface area contributed by atoms with E-state index in [4.69, 9.17) is 9.47 Å². The topological polar surface area (TPSA) is 43.4 Å². The Morgan fingerprint density at radius 2 is 2.21 bits per heavy atom. The van der Waals surface area contributed by atoms with E-state index in [2.05, 4.69) is 26.2 Å². The molecule has 3 rings (SSSR count). The van der Waals surface area contributed by atoms with Gasteiger partial charge in [0.1, 0.15) is 5.82 Å². The van der Waals surface area contributed by atoms with Crippen molar-refractivity contribution in [1.29, 1.82) is 0 Å². The van der Waals surface area contributed by atoms with Gasteiger partial charge in [-0.3, -0.25) is 0 Å². The standard InChI is InChI=1S/C14H13BrN2O2/c1-9-5-6-16-14(12(9)15)17-7-10-3-2-4-11-13(10)19-8-18-11/h2-6H,7-8H2,1H3,(H,16,17). The Bertz CT molecular complexity index is 616. The van der Waals surface area contributed by atoms with Gasteiger partial charge in [-0.2, -0.15) is 0 Å². The number of ether oxygens (including phenoxy) is 2. The maximum atomic E-state index is 5.48. The summed E-state index contributed by atoms with van der Waals surface area (Å²) >= 11 is 3.54. The molecule has 1 aromatic heterocycles. The number of nitrogens with one attached hydrogen (secondary N) is 1. The van der Waals surface area contributed by atoms with Crippen molar-refractivity contribution < 1.29 is 9.47 Å². The van der Waals surface area contributed by atoms with Gasteiger partial charge in [0.15, 0.2) is 11.5 Å². The quantitative estimate of drug-likeness (QED) is 0.940. The second kappa shape index (κ2) is 5.09. The highest BCUT2D eigenvalue weighted by Crippen LogP contribution is 2.35. The van der Waals surface area contributed by atoms with Gasteiger partial charge in [-0.1, -0.05) is 12.1 Å². The van der Waals surface area contributed by atoms with Gasteiger partial charge in [-0.15, -0.1) is 0 Å². The van der Waals surface area contributed by atoms with Crippen LogP contribution in [-0.4, -0.2) is 11.8 Å². The molecule has 1 aromatic carbocycles. The lowest BCUT2D eigenvalue weighted by Crippen LogP contribution is -2.03. The van der Waals surface area contributed by atoms with E-state index in [0.717, 1.165) is 32.9 Å². The minimum absolute atomic E-state index is 0.290. The molecule has 1 aliphatic heterocycles. The lowest BCUT2D eigenvalue weighted by atomic mass is 10.2. The van der Waals surface area contributed by atoms with Gasteiger partial charge in [0.05, 0.1) is 4.47 Å². The Morgan fingerprint density at radius 1 is 1.32 bits per heavy atom. The smallest absolute Gasteiger partial charge is 0.231 e. The Kier molecular flexibility index (Phi) is 3.29. The Labute approximate surface area is 119 Å². The molecule has 2 heterocycles. The number of anilines is 1. The normalized spacial score (nSPS) is 12.5. The average Bonchev–Trinajstić information content (AvgIpc) is 2.89. The molecular formula is C14H13BrN2O2.